The molecule has 13 N–H and O–H groups in total. The molecule has 1 aliphatic heterocycles. The molecule has 24 nitrogen and oxygen atoms in total. The number of imidazole rings is 1. The number of nitrogens with two attached hydrogens (primary N) is 1. The number of carboxylic acids is 1. The number of primary amides is 1. The van der Waals surface area contributed by atoms with Gasteiger partial charge < -0.3 is 68.2 Å². The van der Waals surface area contributed by atoms with Gasteiger partial charge in [-0.3, -0.25) is 43.2 Å². The summed E-state index contributed by atoms with van der Waals surface area (Å²) in [6, 6.07) is 6.69. The molecular weight excluding hydrogens is 1010 g/mol. The minimum Gasteiger partial charge on any atom is -0.480 e. The summed E-state index contributed by atoms with van der Waals surface area (Å²) >= 11 is 0. The first-order chi connectivity index (χ1) is 37.1. The number of aromatic amines is 2. The van der Waals surface area contributed by atoms with E-state index in [4.69, 9.17) is 5.73 Å². The van der Waals surface area contributed by atoms with Gasteiger partial charge in [0.2, 0.25) is 53.2 Å². The monoisotopic (exact) mass is 1080 g/mol. The number of carbonyl (C=O) groups excluding carboxylic acids is 9. The predicted molar refractivity (Wildman–Crippen MR) is 287 cm³/mol. The molecule has 422 valence electrons. The molecule has 2 aromatic carbocycles. The fraction of sp³-hybridized carbons (Fsp3) is 0.500. The van der Waals surface area contributed by atoms with Crippen molar-refractivity contribution in [3.8, 4) is 0 Å². The molecule has 0 aliphatic carbocycles. The summed E-state index contributed by atoms with van der Waals surface area (Å²) in [5.41, 5.74) is 8.00. The maximum absolute atomic E-state index is 14.4. The molecule has 0 spiro atoms. The highest BCUT2D eigenvalue weighted by molar-refractivity contribution is 5.98. The van der Waals surface area contributed by atoms with Crippen LogP contribution in [-0.2, 0) is 67.2 Å². The molecule has 24 heteroatoms. The minimum atomic E-state index is -1.43. The third-order valence-corrected chi connectivity index (χ3v) is 13.3. The van der Waals surface area contributed by atoms with Crippen LogP contribution in [0.2, 0.25) is 0 Å². The Kier molecular flexibility index (Phi) is 22.9. The molecule has 8 atom stereocenters. The number of carboxylic acid groups (broad SMARTS) is 1. The van der Waals surface area contributed by atoms with Crippen molar-refractivity contribution in [1.82, 2.24) is 62.4 Å². The second-order valence-electron chi connectivity index (χ2n) is 20.5. The van der Waals surface area contributed by atoms with Crippen LogP contribution in [0.1, 0.15) is 90.0 Å². The topological polar surface area (TPSA) is 361 Å². The number of H-pyrrole nitrogens is 2. The Morgan fingerprint density at radius 3 is 1.96 bits per heavy atom. The number of hydrogen-bond acceptors (Lipinski definition) is 12. The average molecular weight is 1080 g/mol. The Morgan fingerprint density at radius 1 is 0.705 bits per heavy atom. The zero-order valence-electron chi connectivity index (χ0n) is 45.0. The van der Waals surface area contributed by atoms with Gasteiger partial charge >= 0.3 is 5.97 Å². The van der Waals surface area contributed by atoms with Gasteiger partial charge in [-0.15, -0.1) is 0 Å². The Hall–Kier alpha value is -8.15. The molecule has 0 radical (unpaired) electrons. The van der Waals surface area contributed by atoms with Crippen molar-refractivity contribution in [3.63, 3.8) is 0 Å². The highest BCUT2D eigenvalue weighted by Gasteiger charge is 2.35. The second kappa shape index (κ2) is 29.4. The van der Waals surface area contributed by atoms with Crippen molar-refractivity contribution in [3.05, 3.63) is 90.1 Å². The maximum Gasteiger partial charge on any atom is 0.326 e. The van der Waals surface area contributed by atoms with E-state index >= 15 is 0 Å². The van der Waals surface area contributed by atoms with Gasteiger partial charge in [-0.05, 0) is 68.2 Å². The number of fused-ring (bicyclic) bond motifs is 1. The molecule has 1 aliphatic rings. The quantitative estimate of drug-likeness (QED) is 0.0341. The molecule has 4 aromatic rings. The maximum atomic E-state index is 14.4. The highest BCUT2D eigenvalue weighted by atomic mass is 16.4. The first-order valence-electron chi connectivity index (χ1n) is 26.3. The molecule has 3 heterocycles. The van der Waals surface area contributed by atoms with E-state index in [2.05, 4.69) is 57.5 Å². The standard InChI is InChI=1S/C54H75N13O11/c1-30(2)22-43(54(77)78)65-52(75)42(25-35-27-56-29-59-35)61-45(69)28-67(6)53(76)46(31(3)4)66-47(70)32(5)60-50(73)41(24-34-26-58-37-17-11-10-16-36(34)37)64-49(72)39(19-20-44(55)68)62-51(74)40(23-33-14-8-7-9-15-33)63-48(71)38-18-12-13-21-57-38/h7-11,14-17,26-27,29-32,38-43,46,57-58H,12-13,18-25,28H2,1-6H3,(H2,55,68)(H,56,59)(H,60,73)(H,61,69)(H,62,74)(H,63,71)(H,64,72)(H,65,75)(H,66,70)(H,77,78)/t32-,38-,39-,40+,41-,42-,43-,46-/m0/s1. The summed E-state index contributed by atoms with van der Waals surface area (Å²) in [5.74, 6) is -8.43. The van der Waals surface area contributed by atoms with E-state index in [1.807, 2.05) is 24.3 Å². The number of amides is 9. The fourth-order valence-electron chi connectivity index (χ4n) is 8.96. The average Bonchev–Trinajstić information content (AvgIpc) is 4.08. The number of nitrogens with zero attached hydrogens (tertiary/aromatic N) is 2. The summed E-state index contributed by atoms with van der Waals surface area (Å²) in [5, 5.41) is 32.3. The third-order valence-electron chi connectivity index (χ3n) is 13.3. The van der Waals surface area contributed by atoms with Crippen molar-refractivity contribution >= 4 is 70.0 Å². The summed E-state index contributed by atoms with van der Waals surface area (Å²) in [6.07, 6.45) is 6.25. The zero-order valence-corrected chi connectivity index (χ0v) is 45.0. The van der Waals surface area contributed by atoms with Gasteiger partial charge in [0.05, 0.1) is 24.6 Å². The lowest BCUT2D eigenvalue weighted by Crippen LogP contribution is -2.60. The van der Waals surface area contributed by atoms with E-state index < -0.39 is 114 Å². The van der Waals surface area contributed by atoms with Crippen molar-refractivity contribution in [2.75, 3.05) is 20.1 Å². The summed E-state index contributed by atoms with van der Waals surface area (Å²) < 4.78 is 0. The molecular formula is C54H75N13O11. The second-order valence-corrected chi connectivity index (χ2v) is 20.5. The fourth-order valence-corrected chi connectivity index (χ4v) is 8.96. The number of likely N-dealkylation sites (N-methyl/N-ethyl adjacent to an activating group) is 1. The van der Waals surface area contributed by atoms with Crippen LogP contribution < -0.4 is 48.3 Å². The van der Waals surface area contributed by atoms with Crippen molar-refractivity contribution in [1.29, 1.82) is 0 Å². The lowest BCUT2D eigenvalue weighted by molar-refractivity contribution is -0.143. The number of nitrogens with one attached hydrogen (secondary N) is 10. The largest absolute Gasteiger partial charge is 0.480 e. The number of aliphatic carboxylic acids is 1. The number of rotatable bonds is 29. The number of hydrogen-bond donors (Lipinski definition) is 12. The summed E-state index contributed by atoms with van der Waals surface area (Å²) in [7, 11) is 1.33. The molecule has 0 unspecified atom stereocenters. The Bertz CT molecular complexity index is 2710. The van der Waals surface area contributed by atoms with Crippen molar-refractivity contribution in [2.24, 2.45) is 17.6 Å². The molecule has 78 heavy (non-hydrogen) atoms. The summed E-state index contributed by atoms with van der Waals surface area (Å²) in [4.78, 5) is 146. The smallest absolute Gasteiger partial charge is 0.326 e. The van der Waals surface area contributed by atoms with Crippen molar-refractivity contribution in [2.45, 2.75) is 141 Å². The van der Waals surface area contributed by atoms with Crippen LogP contribution >= 0.6 is 0 Å². The van der Waals surface area contributed by atoms with Crippen LogP contribution in [0.25, 0.3) is 10.9 Å². The normalized spacial score (nSPS) is 16.0. The van der Waals surface area contributed by atoms with Gasteiger partial charge in [-0.25, -0.2) is 9.78 Å². The molecule has 9 amide bonds. The number of para-hydroxylation sites is 1. The van der Waals surface area contributed by atoms with Crippen LogP contribution in [0.15, 0.2) is 73.3 Å². The van der Waals surface area contributed by atoms with Crippen LogP contribution in [0.5, 0.6) is 0 Å². The number of piperidine rings is 1. The molecule has 5 rings (SSSR count). The van der Waals surface area contributed by atoms with Gasteiger partial charge in [-0.1, -0.05) is 82.6 Å². The number of aromatic nitrogens is 3. The van der Waals surface area contributed by atoms with Crippen LogP contribution in [0, 0.1) is 11.8 Å². The third kappa shape index (κ3) is 18.6. The van der Waals surface area contributed by atoms with Crippen LogP contribution in [0.3, 0.4) is 0 Å². The molecule has 2 aromatic heterocycles. The first kappa shape index (κ1) is 60.7. The SMILES string of the molecule is CC(C)C[C@H](NC(=O)[C@H](Cc1c[nH]cn1)NC(=O)CN(C)C(=O)[C@@H](NC(=O)[C@H](C)NC(=O)[C@H](Cc1c[nH]c2ccccc12)NC(=O)[C@H](CCC(N)=O)NC(=O)[C@@H](Cc1ccccc1)NC(=O)[C@@H]1CCCCN1)C(C)C)C(=O)O. The molecule has 1 saturated heterocycles. The first-order valence-corrected chi connectivity index (χ1v) is 26.3. The van der Waals surface area contributed by atoms with Gasteiger partial charge in [0, 0.05) is 56.0 Å². The highest BCUT2D eigenvalue weighted by Crippen LogP contribution is 2.20. The number of benzene rings is 2. The summed E-state index contributed by atoms with van der Waals surface area (Å²) in [6.45, 7) is 8.36. The molecule has 1 fully saturated rings. The van der Waals surface area contributed by atoms with E-state index in [0.29, 0.717) is 24.2 Å². The van der Waals surface area contributed by atoms with Crippen LogP contribution in [0.4, 0.5) is 0 Å². The van der Waals surface area contributed by atoms with Gasteiger partial charge in [-0.2, -0.15) is 0 Å². The molecule has 0 saturated carbocycles. The lowest BCUT2D eigenvalue weighted by Gasteiger charge is -2.29. The van der Waals surface area contributed by atoms with E-state index in [9.17, 15) is 53.1 Å². The van der Waals surface area contributed by atoms with E-state index in [1.54, 1.807) is 64.2 Å². The van der Waals surface area contributed by atoms with Gasteiger partial charge in [0.15, 0.2) is 0 Å². The molecule has 0 bridgehead atoms. The van der Waals surface area contributed by atoms with Gasteiger partial charge in [0.1, 0.15) is 42.3 Å². The Labute approximate surface area is 452 Å². The predicted octanol–water partition coefficient (Wildman–Crippen LogP) is -0.0149. The Balaban J connectivity index is 1.30. The van der Waals surface area contributed by atoms with Crippen molar-refractivity contribution < 1.29 is 53.1 Å². The van der Waals surface area contributed by atoms with Gasteiger partial charge in [0.25, 0.3) is 0 Å². The van der Waals surface area contributed by atoms with E-state index in [0.717, 1.165) is 34.2 Å². The van der Waals surface area contributed by atoms with Crippen LogP contribution in [-0.4, -0.2) is 153 Å². The van der Waals surface area contributed by atoms with E-state index in [1.165, 1.54) is 26.5 Å². The lowest BCUT2D eigenvalue weighted by atomic mass is 10.0. The zero-order chi connectivity index (χ0) is 57.1. The van der Waals surface area contributed by atoms with E-state index in [-0.39, 0.29) is 50.4 Å². The minimum absolute atomic E-state index is 0.0696. The number of carbonyl (C=O) groups is 10. The Morgan fingerprint density at radius 2 is 1.33 bits per heavy atom.